The summed E-state index contributed by atoms with van der Waals surface area (Å²) >= 11 is 0. The van der Waals surface area contributed by atoms with Crippen LogP contribution in [0.2, 0.25) is 0 Å². The maximum Gasteiger partial charge on any atom is 0.416 e. The number of likely N-dealkylation sites (N-methyl/N-ethyl adjacent to an activating group) is 1. The molecule has 0 bridgehead atoms. The third-order valence-electron chi connectivity index (χ3n) is 4.24. The highest BCUT2D eigenvalue weighted by Crippen LogP contribution is 2.30. The molecule has 30 heavy (non-hydrogen) atoms. The van der Waals surface area contributed by atoms with E-state index in [1.165, 1.54) is 11.0 Å². The van der Waals surface area contributed by atoms with E-state index in [0.717, 1.165) is 17.7 Å². The van der Waals surface area contributed by atoms with Crippen LogP contribution in [0.25, 0.3) is 0 Å². The number of amides is 1. The van der Waals surface area contributed by atoms with Crippen LogP contribution in [0.15, 0.2) is 59.6 Å². The van der Waals surface area contributed by atoms with Gasteiger partial charge in [-0.1, -0.05) is 42.5 Å². The van der Waals surface area contributed by atoms with E-state index in [9.17, 15) is 18.0 Å². The van der Waals surface area contributed by atoms with Crippen LogP contribution in [0, 0.1) is 0 Å². The normalized spacial score (nSPS) is 12.5. The van der Waals surface area contributed by atoms with Gasteiger partial charge in [0.25, 0.3) is 0 Å². The second-order valence-corrected chi connectivity index (χ2v) is 6.78. The summed E-state index contributed by atoms with van der Waals surface area (Å²) in [5.41, 5.74) is 0.731. The minimum absolute atomic E-state index is 0. The number of carbonyl (C=O) groups is 1. The first kappa shape index (κ1) is 25.7. The Balaban J connectivity index is 0.00000450. The molecule has 2 aromatic carbocycles. The molecule has 9 heteroatoms. The summed E-state index contributed by atoms with van der Waals surface area (Å²) in [5.74, 6) is 0.194. The number of hydrogen-bond donors (Lipinski definition) is 2. The van der Waals surface area contributed by atoms with Crippen molar-refractivity contribution in [2.75, 3.05) is 20.6 Å². The van der Waals surface area contributed by atoms with Crippen molar-refractivity contribution in [1.82, 2.24) is 15.5 Å². The SMILES string of the molecule is CC(NC(=NCc1ccccc1)NCC(=O)N(C)C)c1cccc(C(F)(F)F)c1.I. The first-order chi connectivity index (χ1) is 13.7. The van der Waals surface area contributed by atoms with Crippen molar-refractivity contribution in [2.45, 2.75) is 25.7 Å². The Hall–Kier alpha value is -2.30. The van der Waals surface area contributed by atoms with Crippen LogP contribution >= 0.6 is 24.0 Å². The lowest BCUT2D eigenvalue weighted by atomic mass is 10.1. The van der Waals surface area contributed by atoms with E-state index in [1.54, 1.807) is 27.1 Å². The maximum atomic E-state index is 13.0. The number of aliphatic imine (C=N–C) groups is 1. The molecular weight excluding hydrogens is 508 g/mol. The van der Waals surface area contributed by atoms with Crippen molar-refractivity contribution in [2.24, 2.45) is 4.99 Å². The molecule has 5 nitrogen and oxygen atoms in total. The highest BCUT2D eigenvalue weighted by Gasteiger charge is 2.30. The Kier molecular flexibility index (Phi) is 10.1. The Morgan fingerprint density at radius 2 is 1.77 bits per heavy atom. The zero-order valence-corrected chi connectivity index (χ0v) is 19.4. The monoisotopic (exact) mass is 534 g/mol. The fraction of sp³-hybridized carbons (Fsp3) is 0.333. The Morgan fingerprint density at radius 1 is 1.10 bits per heavy atom. The smallest absolute Gasteiger partial charge is 0.350 e. The molecule has 1 unspecified atom stereocenters. The van der Waals surface area contributed by atoms with Crippen LogP contribution < -0.4 is 10.6 Å². The topological polar surface area (TPSA) is 56.7 Å². The van der Waals surface area contributed by atoms with Crippen molar-refractivity contribution in [1.29, 1.82) is 0 Å². The van der Waals surface area contributed by atoms with E-state index in [0.29, 0.717) is 18.1 Å². The third kappa shape index (κ3) is 8.21. The number of nitrogens with one attached hydrogen (secondary N) is 2. The highest BCUT2D eigenvalue weighted by molar-refractivity contribution is 14.0. The molecule has 2 rings (SSSR count). The summed E-state index contributed by atoms with van der Waals surface area (Å²) in [6, 6.07) is 14.2. The summed E-state index contributed by atoms with van der Waals surface area (Å²) in [6.07, 6.45) is -4.41. The number of halogens is 4. The molecule has 0 spiro atoms. The zero-order valence-electron chi connectivity index (χ0n) is 17.0. The molecule has 0 saturated carbocycles. The molecule has 1 atom stereocenters. The molecule has 0 aromatic heterocycles. The second-order valence-electron chi connectivity index (χ2n) is 6.78. The Morgan fingerprint density at radius 3 is 2.37 bits per heavy atom. The molecule has 164 valence electrons. The average Bonchev–Trinajstić information content (AvgIpc) is 2.69. The van der Waals surface area contributed by atoms with Crippen molar-refractivity contribution in [3.8, 4) is 0 Å². The lowest BCUT2D eigenvalue weighted by molar-refractivity contribution is -0.137. The van der Waals surface area contributed by atoms with E-state index < -0.39 is 17.8 Å². The van der Waals surface area contributed by atoms with Gasteiger partial charge in [0, 0.05) is 14.1 Å². The van der Waals surface area contributed by atoms with Gasteiger partial charge in [-0.15, -0.1) is 24.0 Å². The number of rotatable bonds is 6. The Labute approximate surface area is 191 Å². The van der Waals surface area contributed by atoms with E-state index >= 15 is 0 Å². The molecule has 1 amide bonds. The van der Waals surface area contributed by atoms with Crippen LogP contribution in [0.3, 0.4) is 0 Å². The first-order valence-corrected chi connectivity index (χ1v) is 9.13. The van der Waals surface area contributed by atoms with Gasteiger partial charge in [0.2, 0.25) is 5.91 Å². The number of benzene rings is 2. The summed E-state index contributed by atoms with van der Waals surface area (Å²) in [7, 11) is 3.28. The second kappa shape index (κ2) is 11.8. The van der Waals surface area contributed by atoms with E-state index in [1.807, 2.05) is 30.3 Å². The molecule has 2 N–H and O–H groups in total. The maximum absolute atomic E-state index is 13.0. The average molecular weight is 534 g/mol. The molecular formula is C21H26F3IN4O. The Bertz CT molecular complexity index is 842. The van der Waals surface area contributed by atoms with Gasteiger partial charge in [0.15, 0.2) is 5.96 Å². The van der Waals surface area contributed by atoms with E-state index in [4.69, 9.17) is 0 Å². The zero-order chi connectivity index (χ0) is 21.4. The number of guanidine groups is 1. The first-order valence-electron chi connectivity index (χ1n) is 9.13. The molecule has 0 aliphatic heterocycles. The van der Waals surface area contributed by atoms with Gasteiger partial charge < -0.3 is 15.5 Å². The lowest BCUT2D eigenvalue weighted by Crippen LogP contribution is -2.43. The van der Waals surface area contributed by atoms with Crippen LogP contribution in [0.1, 0.15) is 29.7 Å². The standard InChI is InChI=1S/C21H25F3N4O.HI/c1-15(17-10-7-11-18(12-17)21(22,23)24)27-20(26-14-19(29)28(2)3)25-13-16-8-5-4-6-9-16;/h4-12,15H,13-14H2,1-3H3,(H2,25,26,27);1H. The van der Waals surface area contributed by atoms with Gasteiger partial charge in [0.05, 0.1) is 24.7 Å². The van der Waals surface area contributed by atoms with Crippen molar-refractivity contribution < 1.29 is 18.0 Å². The quantitative estimate of drug-likeness (QED) is 0.332. The molecule has 0 fully saturated rings. The van der Waals surface area contributed by atoms with Gasteiger partial charge in [-0.3, -0.25) is 4.79 Å². The van der Waals surface area contributed by atoms with Gasteiger partial charge in [-0.25, -0.2) is 4.99 Å². The number of nitrogens with zero attached hydrogens (tertiary/aromatic N) is 2. The van der Waals surface area contributed by atoms with Crippen molar-refractivity contribution >= 4 is 35.8 Å². The molecule has 0 heterocycles. The fourth-order valence-corrected chi connectivity index (χ4v) is 2.50. The highest BCUT2D eigenvalue weighted by atomic mass is 127. The molecule has 0 radical (unpaired) electrons. The van der Waals surface area contributed by atoms with Gasteiger partial charge >= 0.3 is 6.18 Å². The van der Waals surface area contributed by atoms with Crippen LogP contribution in [0.5, 0.6) is 0 Å². The minimum atomic E-state index is -4.41. The summed E-state index contributed by atoms with van der Waals surface area (Å²) in [4.78, 5) is 17.8. The van der Waals surface area contributed by atoms with Crippen molar-refractivity contribution in [3.05, 3.63) is 71.3 Å². The number of alkyl halides is 3. The van der Waals surface area contributed by atoms with Crippen LogP contribution in [-0.2, 0) is 17.5 Å². The fourth-order valence-electron chi connectivity index (χ4n) is 2.50. The van der Waals surface area contributed by atoms with Crippen LogP contribution in [0.4, 0.5) is 13.2 Å². The largest absolute Gasteiger partial charge is 0.416 e. The van der Waals surface area contributed by atoms with Crippen LogP contribution in [-0.4, -0.2) is 37.4 Å². The molecule has 2 aromatic rings. The van der Waals surface area contributed by atoms with Gasteiger partial charge in [-0.05, 0) is 30.2 Å². The van der Waals surface area contributed by atoms with Crippen molar-refractivity contribution in [3.63, 3.8) is 0 Å². The third-order valence-corrected chi connectivity index (χ3v) is 4.24. The summed E-state index contributed by atoms with van der Waals surface area (Å²) < 4.78 is 39.0. The molecule has 0 aliphatic carbocycles. The van der Waals surface area contributed by atoms with Gasteiger partial charge in [-0.2, -0.15) is 13.2 Å². The minimum Gasteiger partial charge on any atom is -0.350 e. The van der Waals surface area contributed by atoms with Gasteiger partial charge in [0.1, 0.15) is 0 Å². The molecule has 0 aliphatic rings. The number of hydrogen-bond acceptors (Lipinski definition) is 2. The molecule has 0 saturated heterocycles. The predicted molar refractivity (Wildman–Crippen MR) is 123 cm³/mol. The summed E-state index contributed by atoms with van der Waals surface area (Å²) in [6.45, 7) is 2.12. The summed E-state index contributed by atoms with van der Waals surface area (Å²) in [5, 5.41) is 6.02. The van der Waals surface area contributed by atoms with E-state index in [-0.39, 0.29) is 36.4 Å². The predicted octanol–water partition coefficient (Wildman–Crippen LogP) is 4.21. The number of carbonyl (C=O) groups excluding carboxylic acids is 1. The van der Waals surface area contributed by atoms with E-state index in [2.05, 4.69) is 15.6 Å². The lowest BCUT2D eigenvalue weighted by Gasteiger charge is -2.20.